The highest BCUT2D eigenvalue weighted by molar-refractivity contribution is 7.09. The molecule has 1 aliphatic rings. The number of ketones is 1. The van der Waals surface area contributed by atoms with Crippen LogP contribution in [0.25, 0.3) is 11.3 Å². The molecule has 6 nitrogen and oxygen atoms in total. The van der Waals surface area contributed by atoms with E-state index in [0.29, 0.717) is 37.2 Å². The van der Waals surface area contributed by atoms with Gasteiger partial charge in [0.25, 0.3) is 5.91 Å². The Kier molecular flexibility index (Phi) is 5.00. The van der Waals surface area contributed by atoms with Gasteiger partial charge in [-0.2, -0.15) is 0 Å². The van der Waals surface area contributed by atoms with Crippen molar-refractivity contribution in [1.82, 2.24) is 14.9 Å². The van der Waals surface area contributed by atoms with Crippen LogP contribution in [0.2, 0.25) is 0 Å². The predicted molar refractivity (Wildman–Crippen MR) is 108 cm³/mol. The zero-order valence-electron chi connectivity index (χ0n) is 15.5. The number of hydrogen-bond donors (Lipinski definition) is 2. The number of phenolic OH excluding ortho intramolecular Hbond substituents is 1. The number of aryl methyl sites for hydroxylation is 1. The van der Waals surface area contributed by atoms with E-state index in [0.717, 1.165) is 16.3 Å². The van der Waals surface area contributed by atoms with Gasteiger partial charge in [0.1, 0.15) is 11.4 Å². The van der Waals surface area contributed by atoms with Crippen molar-refractivity contribution in [3.05, 3.63) is 58.2 Å². The Morgan fingerprint density at radius 2 is 1.93 bits per heavy atom. The Labute approximate surface area is 166 Å². The van der Waals surface area contributed by atoms with Crippen LogP contribution in [0.4, 0.5) is 0 Å². The highest BCUT2D eigenvalue weighted by Crippen LogP contribution is 2.26. The number of rotatable bonds is 4. The molecule has 1 aliphatic heterocycles. The molecular weight excluding hydrogens is 374 g/mol. The van der Waals surface area contributed by atoms with Gasteiger partial charge in [-0.3, -0.25) is 9.59 Å². The van der Waals surface area contributed by atoms with E-state index in [1.54, 1.807) is 28.4 Å². The molecule has 0 bridgehead atoms. The number of benzene rings is 1. The van der Waals surface area contributed by atoms with E-state index < -0.39 is 0 Å². The number of aromatic nitrogens is 2. The van der Waals surface area contributed by atoms with E-state index in [4.69, 9.17) is 0 Å². The third-order valence-corrected chi connectivity index (χ3v) is 5.91. The number of piperidine rings is 1. The number of carbonyl (C=O) groups excluding carboxylic acids is 2. The van der Waals surface area contributed by atoms with Gasteiger partial charge < -0.3 is 15.0 Å². The maximum atomic E-state index is 12.8. The quantitative estimate of drug-likeness (QED) is 0.656. The van der Waals surface area contributed by atoms with Crippen molar-refractivity contribution in [2.24, 2.45) is 5.92 Å². The maximum absolute atomic E-state index is 12.8. The number of thiazole rings is 1. The fraction of sp³-hybridized carbons (Fsp3) is 0.286. The summed E-state index contributed by atoms with van der Waals surface area (Å²) in [6.45, 7) is 3.06. The molecule has 0 radical (unpaired) electrons. The summed E-state index contributed by atoms with van der Waals surface area (Å²) in [6, 6.07) is 8.19. The molecule has 2 N–H and O–H groups in total. The molecule has 0 spiro atoms. The largest absolute Gasteiger partial charge is 0.508 e. The lowest BCUT2D eigenvalue weighted by atomic mass is 9.89. The predicted octanol–water partition coefficient (Wildman–Crippen LogP) is 3.89. The molecule has 1 aromatic carbocycles. The van der Waals surface area contributed by atoms with Crippen LogP contribution in [0.3, 0.4) is 0 Å². The topological polar surface area (TPSA) is 86.3 Å². The molecule has 3 aromatic rings. The van der Waals surface area contributed by atoms with E-state index >= 15 is 0 Å². The molecule has 0 unspecified atom stereocenters. The number of likely N-dealkylation sites (tertiary alicyclic amines) is 1. The molecule has 7 heteroatoms. The molecule has 3 heterocycles. The molecular formula is C21H21N3O3S. The minimum absolute atomic E-state index is 0.0475. The van der Waals surface area contributed by atoms with Gasteiger partial charge >= 0.3 is 0 Å². The third kappa shape index (κ3) is 3.71. The minimum atomic E-state index is -0.0919. The van der Waals surface area contributed by atoms with Gasteiger partial charge in [0.15, 0.2) is 5.78 Å². The van der Waals surface area contributed by atoms with Gasteiger partial charge in [0.2, 0.25) is 0 Å². The zero-order chi connectivity index (χ0) is 19.7. The van der Waals surface area contributed by atoms with Crippen LogP contribution in [0.15, 0.2) is 41.9 Å². The number of amides is 1. The lowest BCUT2D eigenvalue weighted by Crippen LogP contribution is -2.40. The van der Waals surface area contributed by atoms with Crippen molar-refractivity contribution < 1.29 is 14.7 Å². The number of aromatic amines is 1. The molecule has 1 amide bonds. The Bertz CT molecular complexity index is 998. The van der Waals surface area contributed by atoms with E-state index in [1.165, 1.54) is 12.1 Å². The number of carbonyl (C=O) groups is 2. The number of nitrogens with zero attached hydrogens (tertiary/aromatic N) is 2. The lowest BCUT2D eigenvalue weighted by molar-refractivity contribution is 0.0646. The second-order valence-electron chi connectivity index (χ2n) is 7.03. The second-order valence-corrected chi connectivity index (χ2v) is 8.09. The number of nitrogens with one attached hydrogen (secondary N) is 1. The highest BCUT2D eigenvalue weighted by atomic mass is 32.1. The second kappa shape index (κ2) is 7.59. The van der Waals surface area contributed by atoms with Crippen molar-refractivity contribution in [3.63, 3.8) is 0 Å². The molecule has 4 rings (SSSR count). The van der Waals surface area contributed by atoms with Gasteiger partial charge in [-0.15, -0.1) is 11.3 Å². The highest BCUT2D eigenvalue weighted by Gasteiger charge is 2.29. The van der Waals surface area contributed by atoms with E-state index in [9.17, 15) is 14.7 Å². The molecule has 28 heavy (non-hydrogen) atoms. The van der Waals surface area contributed by atoms with Crippen molar-refractivity contribution in [3.8, 4) is 17.0 Å². The monoisotopic (exact) mass is 395 g/mol. The molecule has 1 fully saturated rings. The van der Waals surface area contributed by atoms with Crippen molar-refractivity contribution in [1.29, 1.82) is 0 Å². The first-order valence-corrected chi connectivity index (χ1v) is 10.1. The van der Waals surface area contributed by atoms with Crippen LogP contribution >= 0.6 is 11.3 Å². The number of phenols is 1. The average molecular weight is 395 g/mol. The Balaban J connectivity index is 1.38. The lowest BCUT2D eigenvalue weighted by Gasteiger charge is -2.31. The van der Waals surface area contributed by atoms with Gasteiger partial charge in [0, 0.05) is 41.7 Å². The van der Waals surface area contributed by atoms with Gasteiger partial charge in [0.05, 0.1) is 10.7 Å². The SMILES string of the molecule is Cc1nc(-c2c[nH]c(C(=O)N3CCC(C(=O)c4ccc(O)cc4)CC3)c2)cs1. The number of H-pyrrole nitrogens is 1. The smallest absolute Gasteiger partial charge is 0.270 e. The van der Waals surface area contributed by atoms with Gasteiger partial charge in [-0.05, 0) is 50.1 Å². The Morgan fingerprint density at radius 1 is 1.21 bits per heavy atom. The molecule has 144 valence electrons. The summed E-state index contributed by atoms with van der Waals surface area (Å²) >= 11 is 1.58. The zero-order valence-corrected chi connectivity index (χ0v) is 16.3. The number of aromatic hydroxyl groups is 1. The summed E-state index contributed by atoms with van der Waals surface area (Å²) < 4.78 is 0. The molecule has 2 aromatic heterocycles. The summed E-state index contributed by atoms with van der Waals surface area (Å²) in [7, 11) is 0. The van der Waals surface area contributed by atoms with Gasteiger partial charge in [-0.25, -0.2) is 4.98 Å². The minimum Gasteiger partial charge on any atom is -0.508 e. The first-order chi connectivity index (χ1) is 13.5. The van der Waals surface area contributed by atoms with Gasteiger partial charge in [-0.1, -0.05) is 0 Å². The Morgan fingerprint density at radius 3 is 2.57 bits per heavy atom. The number of hydrogen-bond acceptors (Lipinski definition) is 5. The third-order valence-electron chi connectivity index (χ3n) is 5.13. The average Bonchev–Trinajstić information content (AvgIpc) is 3.37. The summed E-state index contributed by atoms with van der Waals surface area (Å²) in [5.74, 6) is 0.0859. The van der Waals surface area contributed by atoms with Crippen molar-refractivity contribution >= 4 is 23.0 Å². The fourth-order valence-electron chi connectivity index (χ4n) is 3.54. The van der Waals surface area contributed by atoms with Crippen LogP contribution < -0.4 is 0 Å². The van der Waals surface area contributed by atoms with E-state index in [1.807, 2.05) is 24.6 Å². The van der Waals surface area contributed by atoms with Crippen LogP contribution in [0.1, 0.15) is 38.7 Å². The molecule has 0 saturated carbocycles. The maximum Gasteiger partial charge on any atom is 0.270 e. The van der Waals surface area contributed by atoms with E-state index in [-0.39, 0.29) is 23.4 Å². The summed E-state index contributed by atoms with van der Waals surface area (Å²) in [6.07, 6.45) is 3.09. The Hall–Kier alpha value is -2.93. The molecule has 1 saturated heterocycles. The summed E-state index contributed by atoms with van der Waals surface area (Å²) in [5.41, 5.74) is 2.93. The molecule has 0 atom stereocenters. The van der Waals surface area contributed by atoms with Crippen LogP contribution in [0.5, 0.6) is 5.75 Å². The fourth-order valence-corrected chi connectivity index (χ4v) is 4.16. The summed E-state index contributed by atoms with van der Waals surface area (Å²) in [5, 5.41) is 12.3. The van der Waals surface area contributed by atoms with Crippen LogP contribution in [0, 0.1) is 12.8 Å². The number of Topliss-reactive ketones (excluding diaryl/α,β-unsaturated/α-hetero) is 1. The molecule has 0 aliphatic carbocycles. The normalized spacial score (nSPS) is 15.0. The van der Waals surface area contributed by atoms with Crippen molar-refractivity contribution in [2.75, 3.05) is 13.1 Å². The first kappa shape index (κ1) is 18.4. The first-order valence-electron chi connectivity index (χ1n) is 9.24. The standard InChI is InChI=1S/C21H21N3O3S/c1-13-23-19(12-28-13)16-10-18(22-11-16)21(27)24-8-6-15(7-9-24)20(26)14-2-4-17(25)5-3-14/h2-5,10-12,15,22,25H,6-9H2,1H3. The van der Waals surface area contributed by atoms with Crippen LogP contribution in [-0.4, -0.2) is 44.8 Å². The van der Waals surface area contributed by atoms with Crippen molar-refractivity contribution in [2.45, 2.75) is 19.8 Å². The summed E-state index contributed by atoms with van der Waals surface area (Å²) in [4.78, 5) is 34.7. The van der Waals surface area contributed by atoms with E-state index in [2.05, 4.69) is 9.97 Å². The van der Waals surface area contributed by atoms with Crippen LogP contribution in [-0.2, 0) is 0 Å².